The first-order valence-corrected chi connectivity index (χ1v) is 6.55. The molecule has 0 bridgehead atoms. The minimum Gasteiger partial charge on any atom is -0.326 e. The van der Waals surface area contributed by atoms with Crippen LogP contribution in [0.15, 0.2) is 12.1 Å². The lowest BCUT2D eigenvalue weighted by Crippen LogP contribution is -2.33. The van der Waals surface area contributed by atoms with Crippen molar-refractivity contribution in [3.8, 4) is 0 Å². The summed E-state index contributed by atoms with van der Waals surface area (Å²) in [6, 6.07) is 3.79. The number of hydrogen-bond acceptors (Lipinski definition) is 3. The molecule has 0 saturated carbocycles. The Morgan fingerprint density at radius 1 is 1.41 bits per heavy atom. The minimum absolute atomic E-state index is 0.0401. The van der Waals surface area contributed by atoms with Crippen molar-refractivity contribution in [1.82, 2.24) is 9.80 Å². The van der Waals surface area contributed by atoms with Crippen LogP contribution in [0.5, 0.6) is 0 Å². The molecule has 0 atom stereocenters. The average molecular weight is 252 g/mol. The monoisotopic (exact) mass is 252 g/mol. The summed E-state index contributed by atoms with van der Waals surface area (Å²) in [5, 5.41) is 0. The molecule has 0 aliphatic carbocycles. The quantitative estimate of drug-likeness (QED) is 0.767. The second-order valence-electron chi connectivity index (χ2n) is 4.17. The Bertz CT molecular complexity index is 441. The van der Waals surface area contributed by atoms with Gasteiger partial charge in [-0.15, -0.1) is 11.3 Å². The van der Waals surface area contributed by atoms with E-state index in [9.17, 15) is 9.59 Å². The van der Waals surface area contributed by atoms with Gasteiger partial charge < -0.3 is 9.80 Å². The number of likely N-dealkylation sites (N-methyl/N-ethyl adjacent to an activating group) is 1. The van der Waals surface area contributed by atoms with Gasteiger partial charge in [-0.2, -0.15) is 0 Å². The van der Waals surface area contributed by atoms with E-state index in [4.69, 9.17) is 0 Å². The zero-order valence-electron chi connectivity index (χ0n) is 10.1. The fourth-order valence-electron chi connectivity index (χ4n) is 1.82. The van der Waals surface area contributed by atoms with Crippen LogP contribution in [-0.4, -0.2) is 48.3 Å². The summed E-state index contributed by atoms with van der Waals surface area (Å²) in [6.07, 6.45) is 0.948. The number of rotatable bonds is 4. The lowest BCUT2D eigenvalue weighted by molar-refractivity contribution is 0.0956. The molecule has 4 nitrogen and oxygen atoms in total. The molecule has 0 spiro atoms. The first kappa shape index (κ1) is 12.1. The highest BCUT2D eigenvalue weighted by Crippen LogP contribution is 2.18. The van der Waals surface area contributed by atoms with Crippen molar-refractivity contribution in [2.24, 2.45) is 0 Å². The molecule has 2 amide bonds. The van der Waals surface area contributed by atoms with E-state index in [1.807, 2.05) is 12.1 Å². The van der Waals surface area contributed by atoms with Gasteiger partial charge in [-0.05, 0) is 18.6 Å². The molecule has 0 N–H and O–H groups in total. The van der Waals surface area contributed by atoms with Gasteiger partial charge in [0.2, 0.25) is 0 Å². The summed E-state index contributed by atoms with van der Waals surface area (Å²) in [5.41, 5.74) is 0. The van der Waals surface area contributed by atoms with Crippen LogP contribution >= 0.6 is 11.3 Å². The number of ketones is 1. The molecule has 2 heterocycles. The second-order valence-corrected chi connectivity index (χ2v) is 5.34. The first-order valence-electron chi connectivity index (χ1n) is 5.73. The highest BCUT2D eigenvalue weighted by atomic mass is 32.1. The van der Waals surface area contributed by atoms with E-state index < -0.39 is 0 Å². The first-order chi connectivity index (χ1) is 8.11. The van der Waals surface area contributed by atoms with Crippen LogP contribution < -0.4 is 0 Å². The second kappa shape index (κ2) is 4.87. The van der Waals surface area contributed by atoms with Crippen LogP contribution in [-0.2, 0) is 6.42 Å². The molecule has 1 saturated heterocycles. The number of carbonyl (C=O) groups is 2. The van der Waals surface area contributed by atoms with Gasteiger partial charge in [0.15, 0.2) is 5.78 Å². The molecular formula is C12H16N2O2S. The summed E-state index contributed by atoms with van der Waals surface area (Å²) in [5.74, 6) is 0.0401. The fourth-order valence-corrected chi connectivity index (χ4v) is 2.70. The molecule has 1 aliphatic rings. The van der Waals surface area contributed by atoms with Crippen molar-refractivity contribution in [1.29, 1.82) is 0 Å². The summed E-state index contributed by atoms with van der Waals surface area (Å²) < 4.78 is 0. The van der Waals surface area contributed by atoms with Crippen molar-refractivity contribution in [3.05, 3.63) is 21.9 Å². The van der Waals surface area contributed by atoms with E-state index in [1.165, 1.54) is 16.2 Å². The molecule has 0 unspecified atom stereocenters. The number of hydrogen-bond donors (Lipinski definition) is 0. The molecule has 1 aromatic rings. The van der Waals surface area contributed by atoms with Crippen LogP contribution in [0.4, 0.5) is 4.79 Å². The Balaban J connectivity index is 2.00. The Morgan fingerprint density at radius 3 is 2.71 bits per heavy atom. The summed E-state index contributed by atoms with van der Waals surface area (Å²) in [6.45, 7) is 3.62. The van der Waals surface area contributed by atoms with Crippen molar-refractivity contribution in [2.45, 2.75) is 13.3 Å². The molecule has 1 aliphatic heterocycles. The zero-order valence-corrected chi connectivity index (χ0v) is 10.9. The largest absolute Gasteiger partial charge is 0.326 e. The summed E-state index contributed by atoms with van der Waals surface area (Å²) in [7, 11) is 1.76. The maximum atomic E-state index is 12.0. The number of aryl methyl sites for hydroxylation is 1. The third kappa shape index (κ3) is 2.49. The van der Waals surface area contributed by atoms with Crippen LogP contribution in [0.1, 0.15) is 21.5 Å². The van der Waals surface area contributed by atoms with Crippen molar-refractivity contribution < 1.29 is 9.59 Å². The standard InChI is InChI=1S/C12H16N2O2S/c1-3-9-4-5-11(17-9)10(15)8-14-7-6-13(2)12(14)16/h4-5H,3,6-8H2,1-2H3. The molecule has 1 aromatic heterocycles. The number of amides is 2. The topological polar surface area (TPSA) is 40.6 Å². The van der Waals surface area contributed by atoms with Gasteiger partial charge in [-0.25, -0.2) is 4.79 Å². The number of thiophene rings is 1. The van der Waals surface area contributed by atoms with Crippen LogP contribution in [0.2, 0.25) is 0 Å². The van der Waals surface area contributed by atoms with Gasteiger partial charge in [0.05, 0.1) is 11.4 Å². The normalized spacial score (nSPS) is 15.8. The van der Waals surface area contributed by atoms with Crippen molar-refractivity contribution in [2.75, 3.05) is 26.7 Å². The summed E-state index contributed by atoms with van der Waals surface area (Å²) >= 11 is 1.53. The van der Waals surface area contributed by atoms with Gasteiger partial charge in [-0.3, -0.25) is 4.79 Å². The molecule has 0 aromatic carbocycles. The SMILES string of the molecule is CCc1ccc(C(=O)CN2CCN(C)C2=O)s1. The molecule has 5 heteroatoms. The Hall–Kier alpha value is -1.36. The molecule has 17 heavy (non-hydrogen) atoms. The molecule has 92 valence electrons. The summed E-state index contributed by atoms with van der Waals surface area (Å²) in [4.78, 5) is 28.8. The number of Topliss-reactive ketones (excluding diaryl/α,β-unsaturated/α-hetero) is 1. The van der Waals surface area contributed by atoms with Gasteiger partial charge in [-0.1, -0.05) is 6.92 Å². The maximum Gasteiger partial charge on any atom is 0.320 e. The fraction of sp³-hybridized carbons (Fsp3) is 0.500. The Labute approximate surface area is 105 Å². The van der Waals surface area contributed by atoms with E-state index in [0.717, 1.165) is 11.3 Å². The molecular weight excluding hydrogens is 236 g/mol. The minimum atomic E-state index is -0.0504. The maximum absolute atomic E-state index is 12.0. The van der Waals surface area contributed by atoms with Crippen LogP contribution in [0.3, 0.4) is 0 Å². The zero-order chi connectivity index (χ0) is 12.4. The molecule has 0 radical (unpaired) electrons. The van der Waals surface area contributed by atoms with E-state index in [2.05, 4.69) is 6.92 Å². The average Bonchev–Trinajstić information content (AvgIpc) is 2.91. The Morgan fingerprint density at radius 2 is 2.18 bits per heavy atom. The third-order valence-corrected chi connectivity index (χ3v) is 4.19. The highest BCUT2D eigenvalue weighted by molar-refractivity contribution is 7.14. The predicted molar refractivity (Wildman–Crippen MR) is 67.6 cm³/mol. The van der Waals surface area contributed by atoms with E-state index in [0.29, 0.717) is 13.1 Å². The smallest absolute Gasteiger partial charge is 0.320 e. The number of nitrogens with zero attached hydrogens (tertiary/aromatic N) is 2. The van der Waals surface area contributed by atoms with Crippen LogP contribution in [0.25, 0.3) is 0 Å². The number of urea groups is 1. The third-order valence-electron chi connectivity index (χ3n) is 2.92. The Kier molecular flexibility index (Phi) is 3.47. The van der Waals surface area contributed by atoms with Gasteiger partial charge in [0.25, 0.3) is 0 Å². The molecule has 1 fully saturated rings. The van der Waals surface area contributed by atoms with Crippen molar-refractivity contribution >= 4 is 23.2 Å². The van der Waals surface area contributed by atoms with E-state index in [-0.39, 0.29) is 18.4 Å². The van der Waals surface area contributed by atoms with Gasteiger partial charge in [0, 0.05) is 25.0 Å². The van der Waals surface area contributed by atoms with Gasteiger partial charge in [0.1, 0.15) is 0 Å². The predicted octanol–water partition coefficient (Wildman–Crippen LogP) is 1.86. The lowest BCUT2D eigenvalue weighted by Gasteiger charge is -2.14. The highest BCUT2D eigenvalue weighted by Gasteiger charge is 2.27. The van der Waals surface area contributed by atoms with Crippen molar-refractivity contribution in [3.63, 3.8) is 0 Å². The number of carbonyl (C=O) groups excluding carboxylic acids is 2. The molecule has 2 rings (SSSR count). The van der Waals surface area contributed by atoms with E-state index >= 15 is 0 Å². The van der Waals surface area contributed by atoms with E-state index in [1.54, 1.807) is 16.8 Å². The van der Waals surface area contributed by atoms with Crippen LogP contribution in [0, 0.1) is 0 Å². The van der Waals surface area contributed by atoms with Gasteiger partial charge >= 0.3 is 6.03 Å². The lowest BCUT2D eigenvalue weighted by atomic mass is 10.3.